The van der Waals surface area contributed by atoms with Crippen molar-refractivity contribution in [1.29, 1.82) is 0 Å². The maximum atomic E-state index is 12.4. The monoisotopic (exact) mass is 391 g/mol. The Morgan fingerprint density at radius 3 is 2.52 bits per heavy atom. The Morgan fingerprint density at radius 1 is 1.07 bits per heavy atom. The van der Waals surface area contributed by atoms with Gasteiger partial charge in [0.25, 0.3) is 0 Å². The summed E-state index contributed by atoms with van der Waals surface area (Å²) >= 11 is 1.73. The molecule has 2 aliphatic carbocycles. The highest BCUT2D eigenvalue weighted by atomic mass is 32.1. The van der Waals surface area contributed by atoms with Crippen molar-refractivity contribution in [3.05, 3.63) is 22.4 Å². The highest BCUT2D eigenvalue weighted by molar-refractivity contribution is 7.10. The maximum absolute atomic E-state index is 12.4. The van der Waals surface area contributed by atoms with Crippen molar-refractivity contribution in [2.75, 3.05) is 6.54 Å². The summed E-state index contributed by atoms with van der Waals surface area (Å²) in [5, 5.41) is 11.3. The summed E-state index contributed by atoms with van der Waals surface area (Å²) in [4.78, 5) is 25.6. The lowest BCUT2D eigenvalue weighted by Crippen LogP contribution is -2.43. The summed E-state index contributed by atoms with van der Waals surface area (Å²) in [7, 11) is 0. The van der Waals surface area contributed by atoms with Gasteiger partial charge in [-0.1, -0.05) is 38.2 Å². The molecular weight excluding hydrogens is 358 g/mol. The lowest BCUT2D eigenvalue weighted by molar-refractivity contribution is -0.122. The molecule has 1 aromatic rings. The molecule has 5 nitrogen and oxygen atoms in total. The minimum atomic E-state index is -0.0928. The zero-order chi connectivity index (χ0) is 18.9. The molecule has 3 amide bonds. The van der Waals surface area contributed by atoms with Gasteiger partial charge in [-0.3, -0.25) is 4.79 Å². The Labute approximate surface area is 166 Å². The van der Waals surface area contributed by atoms with Gasteiger partial charge < -0.3 is 16.0 Å². The summed E-state index contributed by atoms with van der Waals surface area (Å²) in [5.41, 5.74) is 0. The van der Waals surface area contributed by atoms with E-state index >= 15 is 0 Å². The predicted octanol–water partition coefficient (Wildman–Crippen LogP) is 4.51. The molecule has 6 heteroatoms. The largest absolute Gasteiger partial charge is 0.348 e. The van der Waals surface area contributed by atoms with Crippen molar-refractivity contribution in [2.24, 2.45) is 5.92 Å². The average molecular weight is 392 g/mol. The van der Waals surface area contributed by atoms with E-state index in [1.165, 1.54) is 49.8 Å². The summed E-state index contributed by atoms with van der Waals surface area (Å²) < 4.78 is 0. The van der Waals surface area contributed by atoms with Gasteiger partial charge in [0.2, 0.25) is 5.91 Å². The summed E-state index contributed by atoms with van der Waals surface area (Å²) in [5.74, 6) is 0.654. The molecule has 150 valence electrons. The van der Waals surface area contributed by atoms with Crippen LogP contribution in [0.5, 0.6) is 0 Å². The van der Waals surface area contributed by atoms with Crippen LogP contribution in [-0.2, 0) is 4.79 Å². The van der Waals surface area contributed by atoms with Crippen molar-refractivity contribution >= 4 is 23.3 Å². The number of urea groups is 1. The Balaban J connectivity index is 1.35. The zero-order valence-electron chi connectivity index (χ0n) is 16.2. The van der Waals surface area contributed by atoms with Gasteiger partial charge in [0.1, 0.15) is 0 Å². The molecule has 3 rings (SSSR count). The van der Waals surface area contributed by atoms with Crippen LogP contribution in [0.15, 0.2) is 17.5 Å². The number of hydrogen-bond acceptors (Lipinski definition) is 3. The molecule has 2 fully saturated rings. The Bertz CT molecular complexity index is 578. The van der Waals surface area contributed by atoms with Gasteiger partial charge in [0, 0.05) is 23.9 Å². The zero-order valence-corrected chi connectivity index (χ0v) is 17.0. The van der Waals surface area contributed by atoms with Gasteiger partial charge in [0.15, 0.2) is 0 Å². The second-order valence-corrected chi connectivity index (χ2v) is 8.92. The molecule has 0 saturated heterocycles. The molecule has 0 spiro atoms. The van der Waals surface area contributed by atoms with Crippen molar-refractivity contribution in [3.63, 3.8) is 0 Å². The topological polar surface area (TPSA) is 70.2 Å². The molecule has 0 radical (unpaired) electrons. The van der Waals surface area contributed by atoms with E-state index < -0.39 is 0 Å². The number of nitrogens with one attached hydrogen (secondary N) is 3. The fourth-order valence-electron chi connectivity index (χ4n) is 4.36. The van der Waals surface area contributed by atoms with Crippen LogP contribution in [0.3, 0.4) is 0 Å². The van der Waals surface area contributed by atoms with E-state index in [1.54, 1.807) is 11.3 Å². The van der Waals surface area contributed by atoms with Crippen molar-refractivity contribution < 1.29 is 9.59 Å². The molecule has 1 unspecified atom stereocenters. The molecule has 0 aromatic carbocycles. The van der Waals surface area contributed by atoms with Crippen molar-refractivity contribution in [2.45, 2.75) is 82.7 Å². The van der Waals surface area contributed by atoms with Crippen molar-refractivity contribution in [3.8, 4) is 0 Å². The van der Waals surface area contributed by atoms with Crippen LogP contribution < -0.4 is 16.0 Å². The van der Waals surface area contributed by atoms with E-state index in [-0.39, 0.29) is 18.0 Å². The van der Waals surface area contributed by atoms with E-state index in [1.807, 2.05) is 0 Å². The number of thiophene rings is 1. The number of rotatable bonds is 8. The standard InChI is InChI=1S/C21H33N3O2S/c25-19(13-6-14-22-21(26)23-17-10-2-1-3-11-17)24-20(16-8-4-5-9-16)18-12-7-15-27-18/h7,12,15-17,20H,1-6,8-11,13-14H2,(H,24,25)(H2,22,23,26). The van der Waals surface area contributed by atoms with E-state index in [0.29, 0.717) is 31.3 Å². The minimum Gasteiger partial charge on any atom is -0.348 e. The third-order valence-electron chi connectivity index (χ3n) is 5.84. The van der Waals surface area contributed by atoms with Crippen LogP contribution in [0, 0.1) is 5.92 Å². The minimum absolute atomic E-state index is 0.0924. The normalized spacial score (nSPS) is 19.6. The van der Waals surface area contributed by atoms with E-state index in [4.69, 9.17) is 0 Å². The quantitative estimate of drug-likeness (QED) is 0.571. The van der Waals surface area contributed by atoms with Crippen LogP contribution in [0.2, 0.25) is 0 Å². The molecule has 1 heterocycles. The highest BCUT2D eigenvalue weighted by Gasteiger charge is 2.28. The van der Waals surface area contributed by atoms with Gasteiger partial charge in [-0.05, 0) is 49.5 Å². The highest BCUT2D eigenvalue weighted by Crippen LogP contribution is 2.37. The van der Waals surface area contributed by atoms with E-state index in [2.05, 4.69) is 33.5 Å². The molecule has 1 aromatic heterocycles. The molecule has 2 saturated carbocycles. The van der Waals surface area contributed by atoms with Gasteiger partial charge in [-0.2, -0.15) is 0 Å². The van der Waals surface area contributed by atoms with Gasteiger partial charge in [-0.25, -0.2) is 4.79 Å². The number of carbonyl (C=O) groups excluding carboxylic acids is 2. The van der Waals surface area contributed by atoms with Gasteiger partial charge in [0.05, 0.1) is 6.04 Å². The number of hydrogen-bond donors (Lipinski definition) is 3. The van der Waals surface area contributed by atoms with E-state index in [9.17, 15) is 9.59 Å². The molecule has 0 bridgehead atoms. The first-order valence-corrected chi connectivity index (χ1v) is 11.5. The Hall–Kier alpha value is -1.56. The SMILES string of the molecule is O=C(CCCNC(=O)NC1CCCCC1)NC(c1cccs1)C1CCCC1. The van der Waals surface area contributed by atoms with E-state index in [0.717, 1.165) is 12.8 Å². The summed E-state index contributed by atoms with van der Waals surface area (Å²) in [6, 6.07) is 4.57. The smallest absolute Gasteiger partial charge is 0.315 e. The molecule has 27 heavy (non-hydrogen) atoms. The third kappa shape index (κ3) is 6.52. The first-order valence-electron chi connectivity index (χ1n) is 10.6. The number of carbonyl (C=O) groups is 2. The Kier molecular flexibility index (Phi) is 7.99. The molecular formula is C21H33N3O2S. The molecule has 1 atom stereocenters. The molecule has 0 aliphatic heterocycles. The number of amides is 3. The van der Waals surface area contributed by atoms with Crippen LogP contribution >= 0.6 is 11.3 Å². The lowest BCUT2D eigenvalue weighted by Gasteiger charge is -2.24. The predicted molar refractivity (Wildman–Crippen MR) is 110 cm³/mol. The first kappa shape index (κ1) is 20.2. The first-order chi connectivity index (χ1) is 13.2. The Morgan fingerprint density at radius 2 is 1.81 bits per heavy atom. The lowest BCUT2D eigenvalue weighted by atomic mass is 9.96. The maximum Gasteiger partial charge on any atom is 0.315 e. The third-order valence-corrected chi connectivity index (χ3v) is 6.80. The van der Waals surface area contributed by atoms with Gasteiger partial charge in [-0.15, -0.1) is 11.3 Å². The second kappa shape index (κ2) is 10.7. The fraction of sp³-hybridized carbons (Fsp3) is 0.714. The van der Waals surface area contributed by atoms with Crippen LogP contribution in [-0.4, -0.2) is 24.5 Å². The summed E-state index contributed by atoms with van der Waals surface area (Å²) in [6.45, 7) is 0.541. The molecule has 3 N–H and O–H groups in total. The molecule has 2 aliphatic rings. The van der Waals surface area contributed by atoms with Crippen molar-refractivity contribution in [1.82, 2.24) is 16.0 Å². The average Bonchev–Trinajstić information content (AvgIpc) is 3.38. The van der Waals surface area contributed by atoms with Gasteiger partial charge >= 0.3 is 6.03 Å². The summed E-state index contributed by atoms with van der Waals surface area (Å²) in [6.07, 6.45) is 11.9. The second-order valence-electron chi connectivity index (χ2n) is 7.94. The van der Waals surface area contributed by atoms with Crippen LogP contribution in [0.4, 0.5) is 4.79 Å². The fourth-order valence-corrected chi connectivity index (χ4v) is 5.23. The van der Waals surface area contributed by atoms with Crippen LogP contribution in [0.25, 0.3) is 0 Å². The van der Waals surface area contributed by atoms with Crippen LogP contribution in [0.1, 0.15) is 81.5 Å².